The summed E-state index contributed by atoms with van der Waals surface area (Å²) in [7, 11) is 2.17. The van der Waals surface area contributed by atoms with E-state index in [0.29, 0.717) is 17.4 Å². The summed E-state index contributed by atoms with van der Waals surface area (Å²) >= 11 is 0.981. The Hall–Kier alpha value is -2.04. The summed E-state index contributed by atoms with van der Waals surface area (Å²) in [5, 5.41) is 25.1. The lowest BCUT2D eigenvalue weighted by molar-refractivity contribution is 0.268. The zero-order chi connectivity index (χ0) is 25.9. The fourth-order valence-electron chi connectivity index (χ4n) is 3.10. The Labute approximate surface area is 212 Å². The van der Waals surface area contributed by atoms with E-state index in [1.165, 1.54) is 22.9 Å². The van der Waals surface area contributed by atoms with E-state index >= 15 is 0 Å². The number of hydrogen-bond donors (Lipinski definition) is 2. The molecule has 0 atom stereocenters. The Kier molecular flexibility index (Phi) is 18.1. The van der Waals surface area contributed by atoms with E-state index in [4.69, 9.17) is 15.5 Å². The van der Waals surface area contributed by atoms with Gasteiger partial charge in [-0.25, -0.2) is 0 Å². The smallest absolute Gasteiger partial charge is 0.107 e. The van der Waals surface area contributed by atoms with Gasteiger partial charge in [-0.1, -0.05) is 66.2 Å². The average Bonchev–Trinajstić information content (AvgIpc) is 2.84. The van der Waals surface area contributed by atoms with Crippen LogP contribution in [0, 0.1) is 17.2 Å². The van der Waals surface area contributed by atoms with Gasteiger partial charge in [0.2, 0.25) is 0 Å². The summed E-state index contributed by atoms with van der Waals surface area (Å²) < 4.78 is 0. The summed E-state index contributed by atoms with van der Waals surface area (Å²) in [4.78, 5) is 5.31. The van der Waals surface area contributed by atoms with Crippen LogP contribution in [-0.4, -0.2) is 49.8 Å². The third-order valence-corrected chi connectivity index (χ3v) is 5.42. The molecule has 3 N–H and O–H groups in total. The number of aliphatic hydroxyl groups is 1. The zero-order valence-electron chi connectivity index (χ0n) is 22.3. The monoisotopic (exact) mass is 486 g/mol. The van der Waals surface area contributed by atoms with Crippen LogP contribution < -0.4 is 10.0 Å². The zero-order valence-corrected chi connectivity index (χ0v) is 23.2. The number of nitrogens with zero attached hydrogens (tertiary/aromatic N) is 3. The Morgan fingerprint density at radius 1 is 1.09 bits per heavy atom. The first-order valence-corrected chi connectivity index (χ1v) is 13.3. The number of benzene rings is 2. The largest absolute Gasteiger partial charge is 0.396 e. The standard InChI is InChI=1S/C18H20N4S.C5H12O.C3H8.C2H6/c1-21-6-8-22(9-7-21)17-5-4-15-10-14(2-3-16(15)12-17)11-18(13-19)23-20;1-5(2)3-4-6;1-3-2;1-2/h2-5,10-12H,6-9,20H2,1H3;5-6H,3-4H2,1-2H3;3H2,1-2H3;1-2H3/b18-11+;;;. The van der Waals surface area contributed by atoms with E-state index in [1.807, 2.05) is 26.0 Å². The minimum Gasteiger partial charge on any atom is -0.396 e. The summed E-state index contributed by atoms with van der Waals surface area (Å²) in [6.45, 7) is 17.1. The van der Waals surface area contributed by atoms with Gasteiger partial charge in [0.25, 0.3) is 0 Å². The van der Waals surface area contributed by atoms with Crippen LogP contribution in [0.15, 0.2) is 41.3 Å². The fourth-order valence-corrected chi connectivity index (χ4v) is 3.36. The molecule has 0 spiro atoms. The van der Waals surface area contributed by atoms with Crippen molar-refractivity contribution < 1.29 is 5.11 Å². The maximum absolute atomic E-state index is 8.97. The summed E-state index contributed by atoms with van der Waals surface area (Å²) in [6.07, 6.45) is 4.00. The van der Waals surface area contributed by atoms with Gasteiger partial charge in [-0.05, 0) is 71.9 Å². The first-order chi connectivity index (χ1) is 16.4. The van der Waals surface area contributed by atoms with Gasteiger partial charge in [-0.3, -0.25) is 5.14 Å². The molecule has 34 heavy (non-hydrogen) atoms. The van der Waals surface area contributed by atoms with Gasteiger partial charge >= 0.3 is 0 Å². The Morgan fingerprint density at radius 2 is 1.65 bits per heavy atom. The van der Waals surface area contributed by atoms with Crippen molar-refractivity contribution in [2.75, 3.05) is 44.7 Å². The van der Waals surface area contributed by atoms with Gasteiger partial charge in [0.1, 0.15) is 11.0 Å². The van der Waals surface area contributed by atoms with Crippen LogP contribution in [0.3, 0.4) is 0 Å². The molecule has 190 valence electrons. The van der Waals surface area contributed by atoms with E-state index in [1.54, 1.807) is 0 Å². The molecule has 0 saturated carbocycles. The van der Waals surface area contributed by atoms with Crippen LogP contribution in [0.25, 0.3) is 16.8 Å². The molecule has 0 radical (unpaired) electrons. The molecular formula is C28H46N4OS. The summed E-state index contributed by atoms with van der Waals surface area (Å²) in [5.74, 6) is 0.648. The number of rotatable bonds is 5. The van der Waals surface area contributed by atoms with E-state index in [2.05, 4.69) is 80.9 Å². The maximum Gasteiger partial charge on any atom is 0.107 e. The quantitative estimate of drug-likeness (QED) is 0.369. The molecule has 1 aliphatic rings. The number of anilines is 1. The number of aliphatic hydroxyl groups excluding tert-OH is 1. The number of piperazine rings is 1. The second kappa shape index (κ2) is 19.3. The van der Waals surface area contributed by atoms with Crippen LogP contribution in [0.5, 0.6) is 0 Å². The lowest BCUT2D eigenvalue weighted by Gasteiger charge is -2.34. The number of likely N-dealkylation sites (N-methyl/N-ethyl adjacent to an activating group) is 1. The number of allylic oxidation sites excluding steroid dienone is 1. The number of nitrogens with two attached hydrogens (primary N) is 1. The summed E-state index contributed by atoms with van der Waals surface area (Å²) in [5.41, 5.74) is 2.28. The molecule has 1 aliphatic heterocycles. The highest BCUT2D eigenvalue weighted by Crippen LogP contribution is 2.25. The van der Waals surface area contributed by atoms with Gasteiger partial charge in [0, 0.05) is 38.5 Å². The molecule has 2 aromatic carbocycles. The highest BCUT2D eigenvalue weighted by atomic mass is 32.2. The van der Waals surface area contributed by atoms with Crippen molar-refractivity contribution >= 4 is 34.5 Å². The Morgan fingerprint density at radius 3 is 2.12 bits per heavy atom. The normalized spacial score (nSPS) is 13.7. The van der Waals surface area contributed by atoms with Crippen molar-refractivity contribution in [1.29, 1.82) is 5.26 Å². The first kappa shape index (κ1) is 32.0. The number of nitriles is 1. The topological polar surface area (TPSA) is 76.5 Å². The third-order valence-electron chi connectivity index (χ3n) is 4.96. The molecule has 1 saturated heterocycles. The van der Waals surface area contributed by atoms with Crippen LogP contribution in [0.4, 0.5) is 5.69 Å². The van der Waals surface area contributed by atoms with E-state index in [0.717, 1.165) is 50.1 Å². The van der Waals surface area contributed by atoms with Crippen molar-refractivity contribution in [3.8, 4) is 6.07 Å². The van der Waals surface area contributed by atoms with Crippen molar-refractivity contribution in [2.24, 2.45) is 11.1 Å². The Balaban J connectivity index is 0.000000841. The fraction of sp³-hybridized carbons (Fsp3) is 0.536. The minimum absolute atomic E-state index is 0.331. The lowest BCUT2D eigenvalue weighted by Crippen LogP contribution is -2.44. The van der Waals surface area contributed by atoms with Gasteiger partial charge in [-0.2, -0.15) is 5.26 Å². The molecule has 1 fully saturated rings. The lowest BCUT2D eigenvalue weighted by atomic mass is 10.1. The second-order valence-corrected chi connectivity index (χ2v) is 9.11. The molecule has 0 bridgehead atoms. The van der Waals surface area contributed by atoms with E-state index < -0.39 is 0 Å². The second-order valence-electron chi connectivity index (χ2n) is 8.43. The van der Waals surface area contributed by atoms with Gasteiger partial charge in [0.05, 0.1) is 0 Å². The predicted molar refractivity (Wildman–Crippen MR) is 153 cm³/mol. The SMILES string of the molecule is CC.CC(C)CCO.CCC.CN1CCN(c2ccc3cc(/C=C(\C#N)SN)ccc3c2)CC1. The maximum atomic E-state index is 8.97. The molecule has 6 heteroatoms. The van der Waals surface area contributed by atoms with E-state index in [-0.39, 0.29) is 0 Å². The van der Waals surface area contributed by atoms with Gasteiger partial charge in [0.15, 0.2) is 0 Å². The molecule has 1 heterocycles. The molecule has 2 aromatic rings. The molecular weight excluding hydrogens is 440 g/mol. The van der Waals surface area contributed by atoms with Crippen LogP contribution >= 0.6 is 11.9 Å². The summed E-state index contributed by atoms with van der Waals surface area (Å²) in [6, 6.07) is 14.9. The van der Waals surface area contributed by atoms with Crippen LogP contribution in [0.2, 0.25) is 0 Å². The molecule has 0 aliphatic carbocycles. The van der Waals surface area contributed by atoms with Crippen molar-refractivity contribution in [2.45, 2.75) is 54.4 Å². The highest BCUT2D eigenvalue weighted by Gasteiger charge is 2.14. The van der Waals surface area contributed by atoms with Gasteiger partial charge < -0.3 is 14.9 Å². The first-order valence-electron chi connectivity index (χ1n) is 12.4. The van der Waals surface area contributed by atoms with Crippen molar-refractivity contribution in [1.82, 2.24) is 4.90 Å². The minimum atomic E-state index is 0.331. The molecule has 5 nitrogen and oxygen atoms in total. The third kappa shape index (κ3) is 12.4. The molecule has 0 unspecified atom stereocenters. The molecule has 0 amide bonds. The van der Waals surface area contributed by atoms with E-state index in [9.17, 15) is 0 Å². The average molecular weight is 487 g/mol. The van der Waals surface area contributed by atoms with Crippen molar-refractivity contribution in [3.05, 3.63) is 46.9 Å². The van der Waals surface area contributed by atoms with Crippen molar-refractivity contribution in [3.63, 3.8) is 0 Å². The highest BCUT2D eigenvalue weighted by molar-refractivity contribution is 8.01. The number of hydrogen-bond acceptors (Lipinski definition) is 6. The number of fused-ring (bicyclic) bond motifs is 1. The van der Waals surface area contributed by atoms with Gasteiger partial charge in [-0.15, -0.1) is 0 Å². The molecule has 3 rings (SSSR count). The van der Waals surface area contributed by atoms with Crippen LogP contribution in [-0.2, 0) is 0 Å². The van der Waals surface area contributed by atoms with Crippen LogP contribution in [0.1, 0.15) is 59.9 Å². The molecule has 0 aromatic heterocycles. The Bertz CT molecular complexity index is 868. The predicted octanol–water partition coefficient (Wildman–Crippen LogP) is 6.53.